The molecule has 9 rings (SSSR count). The van der Waals surface area contributed by atoms with Crippen LogP contribution in [-0.4, -0.2) is 76.7 Å². The van der Waals surface area contributed by atoms with Crippen molar-refractivity contribution in [1.29, 1.82) is 0 Å². The molecule has 5 atom stereocenters. The van der Waals surface area contributed by atoms with E-state index in [0.717, 1.165) is 67.1 Å². The van der Waals surface area contributed by atoms with Crippen LogP contribution in [0.3, 0.4) is 0 Å². The van der Waals surface area contributed by atoms with Gasteiger partial charge in [-0.05, 0) is 73.4 Å². The fraction of sp³-hybridized carbons (Fsp3) is 0.455. The highest BCUT2D eigenvalue weighted by atomic mass is 16.5. The van der Waals surface area contributed by atoms with Crippen LogP contribution >= 0.6 is 0 Å². The number of H-pyrrole nitrogens is 1. The van der Waals surface area contributed by atoms with Gasteiger partial charge in [-0.25, -0.2) is 4.98 Å². The Kier molecular flexibility index (Phi) is 5.35. The third-order valence-corrected chi connectivity index (χ3v) is 10.3. The Morgan fingerprint density at radius 2 is 1.60 bits per heavy atom. The third kappa shape index (κ3) is 3.75. The summed E-state index contributed by atoms with van der Waals surface area (Å²) in [6.07, 6.45) is 9.68. The van der Waals surface area contributed by atoms with Crippen molar-refractivity contribution in [3.63, 3.8) is 0 Å². The second-order valence-corrected chi connectivity index (χ2v) is 12.5. The minimum Gasteiger partial charge on any atom is -0.378 e. The van der Waals surface area contributed by atoms with E-state index in [1.807, 2.05) is 6.20 Å². The van der Waals surface area contributed by atoms with Gasteiger partial charge in [0.25, 0.3) is 0 Å². The van der Waals surface area contributed by atoms with Crippen molar-refractivity contribution >= 4 is 16.7 Å². The number of aromatic amines is 1. The molecule has 0 amide bonds. The van der Waals surface area contributed by atoms with Crippen molar-refractivity contribution in [2.45, 2.75) is 68.8 Å². The number of hydrogen-bond donors (Lipinski definition) is 1. The molecule has 4 bridgehead atoms. The van der Waals surface area contributed by atoms with Crippen LogP contribution in [0.5, 0.6) is 0 Å². The summed E-state index contributed by atoms with van der Waals surface area (Å²) in [6, 6.07) is 20.7. The first-order chi connectivity index (χ1) is 19.8. The van der Waals surface area contributed by atoms with E-state index in [4.69, 9.17) is 14.5 Å². The average molecular weight is 534 g/mol. The molecule has 2 unspecified atom stereocenters. The van der Waals surface area contributed by atoms with E-state index >= 15 is 0 Å². The van der Waals surface area contributed by atoms with Gasteiger partial charge in [0.2, 0.25) is 0 Å². The summed E-state index contributed by atoms with van der Waals surface area (Å²) < 4.78 is 11.5. The van der Waals surface area contributed by atoms with Gasteiger partial charge in [-0.1, -0.05) is 30.3 Å². The van der Waals surface area contributed by atoms with Crippen LogP contribution in [-0.2, 0) is 22.3 Å². The van der Waals surface area contributed by atoms with Gasteiger partial charge in [-0.15, -0.1) is 0 Å². The monoisotopic (exact) mass is 533 g/mol. The maximum absolute atomic E-state index is 5.79. The van der Waals surface area contributed by atoms with Gasteiger partial charge in [0, 0.05) is 53.1 Å². The summed E-state index contributed by atoms with van der Waals surface area (Å²) in [5, 5.41) is 8.87. The number of ether oxygens (including phenoxy) is 2. The number of aromatic nitrogens is 3. The summed E-state index contributed by atoms with van der Waals surface area (Å²) in [5.41, 5.74) is 9.63. The normalized spacial score (nSPS) is 29.4. The Labute approximate surface area is 234 Å². The number of morpholine rings is 2. The topological polar surface area (TPSA) is 66.5 Å². The Bertz CT molecular complexity index is 1570. The smallest absolute Gasteiger partial charge is 0.181 e. The molecule has 2 aromatic carbocycles. The van der Waals surface area contributed by atoms with Crippen LogP contribution in [0.25, 0.3) is 33.4 Å². The van der Waals surface area contributed by atoms with Crippen LogP contribution in [0, 0.1) is 0 Å². The van der Waals surface area contributed by atoms with Crippen LogP contribution in [0.4, 0.5) is 5.69 Å². The van der Waals surface area contributed by atoms with Gasteiger partial charge >= 0.3 is 0 Å². The van der Waals surface area contributed by atoms with Crippen LogP contribution in [0.15, 0.2) is 54.7 Å². The molecule has 2 aromatic heterocycles. The second-order valence-electron chi connectivity index (χ2n) is 12.5. The molecule has 5 aliphatic rings. The van der Waals surface area contributed by atoms with Crippen LogP contribution in [0.2, 0.25) is 0 Å². The van der Waals surface area contributed by atoms with E-state index in [1.165, 1.54) is 48.1 Å². The SMILES string of the molecule is c1cc2c(cc1-c1cnc3n[nH]c(-c4ccc(N5C[C@H]6C[C@@H]5CO6)cc4)c3c1)CC[C@@H](N1C3COCC1C3)CC2. The predicted octanol–water partition coefficient (Wildman–Crippen LogP) is 4.99. The van der Waals surface area contributed by atoms with E-state index in [1.54, 1.807) is 0 Å². The van der Waals surface area contributed by atoms with Crippen LogP contribution < -0.4 is 4.90 Å². The van der Waals surface area contributed by atoms with E-state index in [0.29, 0.717) is 30.3 Å². The van der Waals surface area contributed by atoms with Crippen molar-refractivity contribution in [3.8, 4) is 22.4 Å². The van der Waals surface area contributed by atoms with E-state index in [-0.39, 0.29) is 0 Å². The number of pyridine rings is 1. The maximum atomic E-state index is 5.79. The molecular formula is C33H35N5O2. The zero-order valence-corrected chi connectivity index (χ0v) is 22.8. The fourth-order valence-corrected chi connectivity index (χ4v) is 8.14. The number of aryl methyl sites for hydroxylation is 2. The number of anilines is 1. The molecule has 4 aromatic rings. The molecule has 204 valence electrons. The lowest BCUT2D eigenvalue weighted by Crippen LogP contribution is -2.66. The predicted molar refractivity (Wildman–Crippen MR) is 156 cm³/mol. The summed E-state index contributed by atoms with van der Waals surface area (Å²) >= 11 is 0. The standard InChI is InChI=1S/C33H35N5O2/c1-2-23(11-22-6-10-26(9-3-20(1)22)38-28-13-29(38)18-39-17-28)24-12-31-32(35-36-33(31)34-15-24)21-4-7-25(8-5-21)37-16-30-14-27(37)19-40-30/h1-2,4-5,7-8,11-12,15,26-30H,3,6,9-10,13-14,16-19H2,(H,34,35,36)/t26-,27+,28?,29?,30+/m0/s1. The number of rotatable bonds is 4. The molecule has 0 saturated carbocycles. The Morgan fingerprint density at radius 1 is 0.775 bits per heavy atom. The molecule has 4 aliphatic heterocycles. The van der Waals surface area contributed by atoms with Crippen molar-refractivity contribution in [3.05, 3.63) is 65.9 Å². The van der Waals surface area contributed by atoms with Crippen molar-refractivity contribution in [2.75, 3.05) is 31.3 Å². The number of nitrogens with zero attached hydrogens (tertiary/aromatic N) is 4. The van der Waals surface area contributed by atoms with Gasteiger partial charge in [-0.3, -0.25) is 10.00 Å². The fourth-order valence-electron chi connectivity index (χ4n) is 8.14. The Hall–Kier alpha value is -3.26. The molecule has 0 spiro atoms. The van der Waals surface area contributed by atoms with Gasteiger partial charge in [-0.2, -0.15) is 5.10 Å². The summed E-state index contributed by atoms with van der Waals surface area (Å²) in [5.74, 6) is 0. The highest BCUT2D eigenvalue weighted by molar-refractivity contribution is 5.93. The molecular weight excluding hydrogens is 498 g/mol. The number of fused-ring (bicyclic) bond motifs is 6. The molecule has 4 fully saturated rings. The highest BCUT2D eigenvalue weighted by Crippen LogP contribution is 2.38. The lowest BCUT2D eigenvalue weighted by Gasteiger charge is -2.56. The molecule has 4 saturated heterocycles. The highest BCUT2D eigenvalue weighted by Gasteiger charge is 2.45. The summed E-state index contributed by atoms with van der Waals surface area (Å²) in [4.78, 5) is 10.0. The summed E-state index contributed by atoms with van der Waals surface area (Å²) in [6.45, 7) is 3.70. The number of nitrogens with one attached hydrogen (secondary N) is 1. The van der Waals surface area contributed by atoms with Crippen molar-refractivity contribution < 1.29 is 9.47 Å². The van der Waals surface area contributed by atoms with Gasteiger partial charge < -0.3 is 14.4 Å². The molecule has 40 heavy (non-hydrogen) atoms. The lowest BCUT2D eigenvalue weighted by molar-refractivity contribution is -0.148. The Morgan fingerprint density at radius 3 is 2.38 bits per heavy atom. The second kappa shape index (κ2) is 9.13. The minimum absolute atomic E-state index is 0.399. The maximum Gasteiger partial charge on any atom is 0.181 e. The van der Waals surface area contributed by atoms with Gasteiger partial charge in [0.15, 0.2) is 5.65 Å². The molecule has 1 N–H and O–H groups in total. The van der Waals surface area contributed by atoms with Crippen molar-refractivity contribution in [1.82, 2.24) is 20.1 Å². The quantitative estimate of drug-likeness (QED) is 0.373. The zero-order valence-electron chi connectivity index (χ0n) is 22.8. The average Bonchev–Trinajstić information content (AvgIpc) is 3.72. The molecule has 0 radical (unpaired) electrons. The van der Waals surface area contributed by atoms with E-state index < -0.39 is 0 Å². The zero-order chi connectivity index (χ0) is 26.2. The minimum atomic E-state index is 0.399. The van der Waals surface area contributed by atoms with E-state index in [9.17, 15) is 0 Å². The van der Waals surface area contributed by atoms with Crippen molar-refractivity contribution in [2.24, 2.45) is 0 Å². The first-order valence-electron chi connectivity index (χ1n) is 15.1. The van der Waals surface area contributed by atoms with Gasteiger partial charge in [0.05, 0.1) is 37.7 Å². The summed E-state index contributed by atoms with van der Waals surface area (Å²) in [7, 11) is 0. The number of benzene rings is 2. The molecule has 7 nitrogen and oxygen atoms in total. The first-order valence-corrected chi connectivity index (χ1v) is 15.1. The largest absolute Gasteiger partial charge is 0.378 e. The molecule has 7 heteroatoms. The first kappa shape index (κ1) is 23.4. The van der Waals surface area contributed by atoms with Crippen LogP contribution in [0.1, 0.15) is 36.8 Å². The lowest BCUT2D eigenvalue weighted by atomic mass is 9.87. The molecule has 1 aliphatic carbocycles. The third-order valence-electron chi connectivity index (χ3n) is 10.3. The number of hydrogen-bond acceptors (Lipinski definition) is 6. The molecule has 6 heterocycles. The van der Waals surface area contributed by atoms with E-state index in [2.05, 4.69) is 68.5 Å². The Balaban J connectivity index is 0.973. The van der Waals surface area contributed by atoms with Gasteiger partial charge in [0.1, 0.15) is 0 Å².